The molecule has 1 heterocycles. The highest BCUT2D eigenvalue weighted by molar-refractivity contribution is 5.94. The summed E-state index contributed by atoms with van der Waals surface area (Å²) in [5.74, 6) is 5.05. The predicted molar refractivity (Wildman–Crippen MR) is 76.2 cm³/mol. The van der Waals surface area contributed by atoms with Gasteiger partial charge < -0.3 is 15.3 Å². The SMILES string of the molecule is CN(CCNC(=O)c1ncccc1C#CCO)C1CC1. The number of amides is 1. The lowest BCUT2D eigenvalue weighted by Gasteiger charge is -2.15. The van der Waals surface area contributed by atoms with Crippen LogP contribution in [0.5, 0.6) is 0 Å². The van der Waals surface area contributed by atoms with Gasteiger partial charge in [-0.3, -0.25) is 4.79 Å². The van der Waals surface area contributed by atoms with Gasteiger partial charge in [0.1, 0.15) is 12.3 Å². The molecular formula is C15H19N3O2. The lowest BCUT2D eigenvalue weighted by Crippen LogP contribution is -2.34. The van der Waals surface area contributed by atoms with Gasteiger partial charge in [0.15, 0.2) is 0 Å². The van der Waals surface area contributed by atoms with E-state index in [2.05, 4.69) is 34.1 Å². The normalized spacial score (nSPS) is 13.8. The molecule has 0 aliphatic heterocycles. The molecule has 0 bridgehead atoms. The zero-order chi connectivity index (χ0) is 14.4. The number of carbonyl (C=O) groups is 1. The minimum absolute atomic E-state index is 0.225. The molecule has 106 valence electrons. The quantitative estimate of drug-likeness (QED) is 0.755. The van der Waals surface area contributed by atoms with Gasteiger partial charge in [0, 0.05) is 25.3 Å². The molecule has 1 aromatic heterocycles. The molecule has 2 N–H and O–H groups in total. The Kier molecular flexibility index (Phi) is 5.10. The molecule has 5 nitrogen and oxygen atoms in total. The van der Waals surface area contributed by atoms with Crippen molar-refractivity contribution in [2.75, 3.05) is 26.7 Å². The highest BCUT2D eigenvalue weighted by Crippen LogP contribution is 2.24. The molecule has 1 aliphatic rings. The molecule has 0 unspecified atom stereocenters. The van der Waals surface area contributed by atoms with Gasteiger partial charge in [0.05, 0.1) is 5.56 Å². The molecule has 0 saturated heterocycles. The standard InChI is InChI=1S/C15H19N3O2/c1-18(13-6-7-13)10-9-17-15(20)14-12(5-3-11-19)4-2-8-16-14/h2,4,8,13,19H,6-7,9-11H2,1H3,(H,17,20). The Bertz CT molecular complexity index is 529. The molecule has 0 radical (unpaired) electrons. The highest BCUT2D eigenvalue weighted by atomic mass is 16.2. The van der Waals surface area contributed by atoms with Crippen molar-refractivity contribution in [3.05, 3.63) is 29.6 Å². The fourth-order valence-corrected chi connectivity index (χ4v) is 1.95. The van der Waals surface area contributed by atoms with Crippen LogP contribution in [-0.2, 0) is 0 Å². The van der Waals surface area contributed by atoms with Gasteiger partial charge >= 0.3 is 0 Å². The fraction of sp³-hybridized carbons (Fsp3) is 0.467. The number of aromatic nitrogens is 1. The minimum atomic E-state index is -0.234. The number of nitrogens with one attached hydrogen (secondary N) is 1. The first kappa shape index (κ1) is 14.5. The van der Waals surface area contributed by atoms with Crippen LogP contribution >= 0.6 is 0 Å². The van der Waals surface area contributed by atoms with Crippen molar-refractivity contribution in [1.82, 2.24) is 15.2 Å². The molecule has 2 rings (SSSR count). The molecule has 0 atom stereocenters. The zero-order valence-electron chi connectivity index (χ0n) is 11.6. The van der Waals surface area contributed by atoms with Crippen LogP contribution in [0.4, 0.5) is 0 Å². The maximum atomic E-state index is 12.1. The Morgan fingerprint density at radius 3 is 3.10 bits per heavy atom. The number of likely N-dealkylation sites (N-methyl/N-ethyl adjacent to an activating group) is 1. The van der Waals surface area contributed by atoms with Crippen LogP contribution in [0.2, 0.25) is 0 Å². The molecule has 1 saturated carbocycles. The Hall–Kier alpha value is -1.90. The minimum Gasteiger partial charge on any atom is -0.384 e. The predicted octanol–water partition coefficient (Wildman–Crippen LogP) is 0.249. The van der Waals surface area contributed by atoms with E-state index in [1.54, 1.807) is 18.3 Å². The number of carbonyl (C=O) groups excluding carboxylic acids is 1. The van der Waals surface area contributed by atoms with Gasteiger partial charge in [-0.15, -0.1) is 0 Å². The second-order valence-corrected chi connectivity index (χ2v) is 4.83. The molecular weight excluding hydrogens is 254 g/mol. The average Bonchev–Trinajstić information content (AvgIpc) is 3.29. The van der Waals surface area contributed by atoms with Gasteiger partial charge in [-0.2, -0.15) is 0 Å². The van der Waals surface area contributed by atoms with Crippen LogP contribution in [-0.4, -0.2) is 53.7 Å². The summed E-state index contributed by atoms with van der Waals surface area (Å²) in [6.45, 7) is 1.19. The van der Waals surface area contributed by atoms with Crippen LogP contribution in [0.1, 0.15) is 28.9 Å². The summed E-state index contributed by atoms with van der Waals surface area (Å²) < 4.78 is 0. The van der Waals surface area contributed by atoms with Crippen molar-refractivity contribution in [3.63, 3.8) is 0 Å². The maximum Gasteiger partial charge on any atom is 0.271 e. The smallest absolute Gasteiger partial charge is 0.271 e. The van der Waals surface area contributed by atoms with Crippen molar-refractivity contribution in [3.8, 4) is 11.8 Å². The summed E-state index contributed by atoms with van der Waals surface area (Å²) in [6, 6.07) is 4.13. The Morgan fingerprint density at radius 2 is 2.40 bits per heavy atom. The summed E-state index contributed by atoms with van der Waals surface area (Å²) >= 11 is 0. The molecule has 1 amide bonds. The second kappa shape index (κ2) is 7.04. The van der Waals surface area contributed by atoms with Crippen LogP contribution in [0.25, 0.3) is 0 Å². The number of hydrogen-bond acceptors (Lipinski definition) is 4. The molecule has 5 heteroatoms. The van der Waals surface area contributed by atoms with E-state index >= 15 is 0 Å². The number of pyridine rings is 1. The van der Waals surface area contributed by atoms with Crippen molar-refractivity contribution in [1.29, 1.82) is 0 Å². The van der Waals surface area contributed by atoms with Gasteiger partial charge in [-0.05, 0) is 32.0 Å². The van der Waals surface area contributed by atoms with E-state index in [1.165, 1.54) is 12.8 Å². The van der Waals surface area contributed by atoms with E-state index < -0.39 is 0 Å². The van der Waals surface area contributed by atoms with Crippen LogP contribution in [0.15, 0.2) is 18.3 Å². The number of aliphatic hydroxyl groups is 1. The molecule has 1 aliphatic carbocycles. The zero-order valence-corrected chi connectivity index (χ0v) is 11.6. The van der Waals surface area contributed by atoms with Crippen LogP contribution in [0, 0.1) is 11.8 Å². The molecule has 20 heavy (non-hydrogen) atoms. The van der Waals surface area contributed by atoms with E-state index in [0.717, 1.165) is 6.54 Å². The summed E-state index contributed by atoms with van der Waals surface area (Å²) in [5.41, 5.74) is 0.845. The molecule has 0 spiro atoms. The first-order valence-electron chi connectivity index (χ1n) is 6.75. The lowest BCUT2D eigenvalue weighted by atomic mass is 10.2. The van der Waals surface area contributed by atoms with Gasteiger partial charge in [0.2, 0.25) is 0 Å². The summed E-state index contributed by atoms with van der Waals surface area (Å²) in [5, 5.41) is 11.6. The Labute approximate surface area is 119 Å². The van der Waals surface area contributed by atoms with Crippen molar-refractivity contribution < 1.29 is 9.90 Å². The third kappa shape index (κ3) is 4.05. The van der Waals surface area contributed by atoms with Gasteiger partial charge in [-0.1, -0.05) is 11.8 Å². The van der Waals surface area contributed by atoms with E-state index in [0.29, 0.717) is 23.8 Å². The second-order valence-electron chi connectivity index (χ2n) is 4.83. The third-order valence-electron chi connectivity index (χ3n) is 3.25. The van der Waals surface area contributed by atoms with Crippen molar-refractivity contribution >= 4 is 5.91 Å². The largest absolute Gasteiger partial charge is 0.384 e. The van der Waals surface area contributed by atoms with Crippen LogP contribution in [0.3, 0.4) is 0 Å². The topological polar surface area (TPSA) is 65.5 Å². The monoisotopic (exact) mass is 273 g/mol. The van der Waals surface area contributed by atoms with Crippen molar-refractivity contribution in [2.45, 2.75) is 18.9 Å². The first-order valence-corrected chi connectivity index (χ1v) is 6.75. The van der Waals surface area contributed by atoms with Gasteiger partial charge in [0.25, 0.3) is 5.91 Å². The number of rotatable bonds is 5. The Morgan fingerprint density at radius 1 is 1.60 bits per heavy atom. The number of nitrogens with zero attached hydrogens (tertiary/aromatic N) is 2. The molecule has 1 fully saturated rings. The summed E-state index contributed by atoms with van der Waals surface area (Å²) in [7, 11) is 2.07. The Balaban J connectivity index is 1.91. The van der Waals surface area contributed by atoms with E-state index in [9.17, 15) is 4.79 Å². The summed E-state index contributed by atoms with van der Waals surface area (Å²) in [4.78, 5) is 18.4. The summed E-state index contributed by atoms with van der Waals surface area (Å²) in [6.07, 6.45) is 4.08. The highest BCUT2D eigenvalue weighted by Gasteiger charge is 2.25. The number of aliphatic hydroxyl groups excluding tert-OH is 1. The van der Waals surface area contributed by atoms with Crippen LogP contribution < -0.4 is 5.32 Å². The fourth-order valence-electron chi connectivity index (χ4n) is 1.95. The number of hydrogen-bond donors (Lipinski definition) is 2. The van der Waals surface area contributed by atoms with Crippen molar-refractivity contribution in [2.24, 2.45) is 0 Å². The average molecular weight is 273 g/mol. The van der Waals surface area contributed by atoms with Gasteiger partial charge in [-0.25, -0.2) is 4.98 Å². The van der Waals surface area contributed by atoms with E-state index in [4.69, 9.17) is 5.11 Å². The molecule has 1 aromatic rings. The maximum absolute atomic E-state index is 12.1. The first-order chi connectivity index (χ1) is 9.72. The third-order valence-corrected chi connectivity index (χ3v) is 3.25. The molecule has 0 aromatic carbocycles. The van der Waals surface area contributed by atoms with E-state index in [1.807, 2.05) is 0 Å². The van der Waals surface area contributed by atoms with E-state index in [-0.39, 0.29) is 12.5 Å². The lowest BCUT2D eigenvalue weighted by molar-refractivity contribution is 0.0944.